The van der Waals surface area contributed by atoms with Gasteiger partial charge in [0.25, 0.3) is 5.91 Å². The number of nitrogens with one attached hydrogen (secondary N) is 1. The zero-order chi connectivity index (χ0) is 16.8. The van der Waals surface area contributed by atoms with Crippen molar-refractivity contribution >= 4 is 17.5 Å². The van der Waals surface area contributed by atoms with Crippen LogP contribution in [0, 0.1) is 5.92 Å². The van der Waals surface area contributed by atoms with Crippen LogP contribution in [0.25, 0.3) is 0 Å². The summed E-state index contributed by atoms with van der Waals surface area (Å²) in [6, 6.07) is 7.56. The molecule has 1 fully saturated rings. The quantitative estimate of drug-likeness (QED) is 0.838. The van der Waals surface area contributed by atoms with Crippen LogP contribution in [-0.4, -0.2) is 47.7 Å². The summed E-state index contributed by atoms with van der Waals surface area (Å²) in [5.41, 5.74) is 0.577. The molecule has 0 aliphatic carbocycles. The predicted octanol–water partition coefficient (Wildman–Crippen LogP) is 2.94. The van der Waals surface area contributed by atoms with Crippen LogP contribution in [0.15, 0.2) is 24.3 Å². The molecule has 0 radical (unpaired) electrons. The van der Waals surface area contributed by atoms with E-state index in [-0.39, 0.29) is 12.0 Å². The van der Waals surface area contributed by atoms with E-state index >= 15 is 0 Å². The van der Waals surface area contributed by atoms with Crippen molar-refractivity contribution < 1.29 is 9.90 Å². The van der Waals surface area contributed by atoms with Crippen LogP contribution in [0.1, 0.15) is 43.5 Å². The van der Waals surface area contributed by atoms with Gasteiger partial charge in [0.1, 0.15) is 0 Å². The number of aliphatic hydroxyl groups excluding tert-OH is 1. The fraction of sp³-hybridized carbons (Fsp3) is 0.611. The number of benzene rings is 1. The van der Waals surface area contributed by atoms with Crippen molar-refractivity contribution in [2.45, 2.75) is 45.3 Å². The molecular weight excluding hydrogens is 312 g/mol. The number of carbonyl (C=O) groups excluding carboxylic acids is 1. The number of hydrogen-bond acceptors (Lipinski definition) is 3. The summed E-state index contributed by atoms with van der Waals surface area (Å²) in [7, 11) is 0. The highest BCUT2D eigenvalue weighted by Crippen LogP contribution is 2.20. The minimum Gasteiger partial charge on any atom is -0.392 e. The van der Waals surface area contributed by atoms with E-state index in [1.807, 2.05) is 17.0 Å². The zero-order valence-electron chi connectivity index (χ0n) is 14.0. The molecule has 2 N–H and O–H groups in total. The number of carbonyl (C=O) groups is 1. The standard InChI is InChI=1S/C18H27ClN2O2/c1-3-13(2)17(22)12-20-14-8-10-21(11-9-14)18(23)15-6-4-5-7-16(15)19/h4-7,13-14,17,20,22H,3,8-12H2,1-2H3. The molecule has 0 saturated carbocycles. The fourth-order valence-corrected chi connectivity index (χ4v) is 3.07. The Morgan fingerprint density at radius 1 is 1.39 bits per heavy atom. The molecule has 2 rings (SSSR count). The number of rotatable bonds is 6. The minimum absolute atomic E-state index is 0.00805. The van der Waals surface area contributed by atoms with Crippen molar-refractivity contribution in [2.75, 3.05) is 19.6 Å². The highest BCUT2D eigenvalue weighted by atomic mass is 35.5. The molecule has 1 aromatic rings. The first-order valence-corrected chi connectivity index (χ1v) is 8.86. The van der Waals surface area contributed by atoms with Crippen LogP contribution in [-0.2, 0) is 0 Å². The summed E-state index contributed by atoms with van der Waals surface area (Å²) < 4.78 is 0. The van der Waals surface area contributed by atoms with Gasteiger partial charge in [-0.2, -0.15) is 0 Å². The van der Waals surface area contributed by atoms with E-state index in [4.69, 9.17) is 11.6 Å². The maximum absolute atomic E-state index is 12.5. The van der Waals surface area contributed by atoms with Crippen LogP contribution in [0.2, 0.25) is 5.02 Å². The number of aliphatic hydroxyl groups is 1. The second-order valence-corrected chi connectivity index (χ2v) is 6.81. The molecule has 5 heteroatoms. The van der Waals surface area contributed by atoms with Gasteiger partial charge in [-0.05, 0) is 30.9 Å². The highest BCUT2D eigenvalue weighted by molar-refractivity contribution is 6.33. The summed E-state index contributed by atoms with van der Waals surface area (Å²) in [6.07, 6.45) is 2.49. The molecule has 0 aromatic heterocycles. The van der Waals surface area contributed by atoms with Gasteiger partial charge >= 0.3 is 0 Å². The predicted molar refractivity (Wildman–Crippen MR) is 93.8 cm³/mol. The molecular formula is C18H27ClN2O2. The summed E-state index contributed by atoms with van der Waals surface area (Å²) >= 11 is 6.11. The molecule has 1 aliphatic heterocycles. The van der Waals surface area contributed by atoms with E-state index in [1.165, 1.54) is 0 Å². The minimum atomic E-state index is -0.303. The van der Waals surface area contributed by atoms with Gasteiger partial charge in [-0.15, -0.1) is 0 Å². The van der Waals surface area contributed by atoms with Crippen LogP contribution >= 0.6 is 11.6 Å². The largest absolute Gasteiger partial charge is 0.392 e. The first kappa shape index (κ1) is 18.2. The van der Waals surface area contributed by atoms with Gasteiger partial charge in [-0.1, -0.05) is 44.0 Å². The maximum Gasteiger partial charge on any atom is 0.255 e. The van der Waals surface area contributed by atoms with Crippen LogP contribution < -0.4 is 5.32 Å². The monoisotopic (exact) mass is 338 g/mol. The van der Waals surface area contributed by atoms with E-state index in [9.17, 15) is 9.90 Å². The SMILES string of the molecule is CCC(C)C(O)CNC1CCN(C(=O)c2ccccc2Cl)CC1. The lowest BCUT2D eigenvalue weighted by molar-refractivity contribution is 0.0686. The summed E-state index contributed by atoms with van der Waals surface area (Å²) in [5, 5.41) is 14.0. The Morgan fingerprint density at radius 3 is 2.65 bits per heavy atom. The van der Waals surface area contributed by atoms with Gasteiger partial charge in [0.15, 0.2) is 0 Å². The average molecular weight is 339 g/mol. The fourth-order valence-electron chi connectivity index (χ4n) is 2.85. The number of nitrogens with zero attached hydrogens (tertiary/aromatic N) is 1. The molecule has 1 saturated heterocycles. The molecule has 2 unspecified atom stereocenters. The molecule has 2 atom stereocenters. The smallest absolute Gasteiger partial charge is 0.255 e. The van der Waals surface area contributed by atoms with Crippen molar-refractivity contribution in [3.8, 4) is 0 Å². The van der Waals surface area contributed by atoms with E-state index in [0.29, 0.717) is 29.1 Å². The average Bonchev–Trinajstić information content (AvgIpc) is 2.59. The van der Waals surface area contributed by atoms with Crippen molar-refractivity contribution in [3.63, 3.8) is 0 Å². The third-order valence-corrected chi connectivity index (χ3v) is 5.13. The number of likely N-dealkylation sites (tertiary alicyclic amines) is 1. The molecule has 1 amide bonds. The summed E-state index contributed by atoms with van der Waals surface area (Å²) in [5.74, 6) is 0.318. The van der Waals surface area contributed by atoms with E-state index in [1.54, 1.807) is 12.1 Å². The molecule has 1 aromatic carbocycles. The maximum atomic E-state index is 12.5. The molecule has 128 valence electrons. The molecule has 0 spiro atoms. The van der Waals surface area contributed by atoms with Crippen LogP contribution in [0.5, 0.6) is 0 Å². The first-order valence-electron chi connectivity index (χ1n) is 8.48. The Kier molecular flexibility index (Phi) is 6.88. The number of piperidine rings is 1. The third-order valence-electron chi connectivity index (χ3n) is 4.80. The molecule has 1 aliphatic rings. The molecule has 23 heavy (non-hydrogen) atoms. The third kappa shape index (κ3) is 4.93. The van der Waals surface area contributed by atoms with Crippen molar-refractivity contribution in [3.05, 3.63) is 34.9 Å². The lowest BCUT2D eigenvalue weighted by atomic mass is 10.00. The number of hydrogen-bond donors (Lipinski definition) is 2. The van der Waals surface area contributed by atoms with E-state index in [2.05, 4.69) is 19.2 Å². The van der Waals surface area contributed by atoms with E-state index in [0.717, 1.165) is 32.4 Å². The van der Waals surface area contributed by atoms with Gasteiger partial charge in [-0.25, -0.2) is 0 Å². The zero-order valence-corrected chi connectivity index (χ0v) is 14.7. The van der Waals surface area contributed by atoms with Gasteiger partial charge in [0.2, 0.25) is 0 Å². The highest BCUT2D eigenvalue weighted by Gasteiger charge is 2.25. The van der Waals surface area contributed by atoms with Gasteiger partial charge < -0.3 is 15.3 Å². The Hall–Kier alpha value is -1.10. The summed E-state index contributed by atoms with van der Waals surface area (Å²) in [6.45, 7) is 6.23. The lowest BCUT2D eigenvalue weighted by Gasteiger charge is -2.33. The molecule has 0 bridgehead atoms. The van der Waals surface area contributed by atoms with Gasteiger partial charge in [0.05, 0.1) is 16.7 Å². The number of amides is 1. The molecule has 1 heterocycles. The van der Waals surface area contributed by atoms with Gasteiger partial charge in [-0.3, -0.25) is 4.79 Å². The Labute approximate surface area is 143 Å². The Morgan fingerprint density at radius 2 is 2.04 bits per heavy atom. The second-order valence-electron chi connectivity index (χ2n) is 6.41. The second kappa shape index (κ2) is 8.67. The molecule has 4 nitrogen and oxygen atoms in total. The van der Waals surface area contributed by atoms with Gasteiger partial charge in [0, 0.05) is 25.7 Å². The van der Waals surface area contributed by atoms with Crippen molar-refractivity contribution in [2.24, 2.45) is 5.92 Å². The number of halogens is 1. The lowest BCUT2D eigenvalue weighted by Crippen LogP contribution is -2.47. The first-order chi connectivity index (χ1) is 11.0. The van der Waals surface area contributed by atoms with Crippen molar-refractivity contribution in [1.82, 2.24) is 10.2 Å². The summed E-state index contributed by atoms with van der Waals surface area (Å²) in [4.78, 5) is 14.4. The Bertz CT molecular complexity index is 515. The normalized spacial score (nSPS) is 18.7. The van der Waals surface area contributed by atoms with E-state index < -0.39 is 0 Å². The topological polar surface area (TPSA) is 52.6 Å². The Balaban J connectivity index is 1.80. The van der Waals surface area contributed by atoms with Crippen LogP contribution in [0.4, 0.5) is 0 Å². The van der Waals surface area contributed by atoms with Crippen molar-refractivity contribution in [1.29, 1.82) is 0 Å². The van der Waals surface area contributed by atoms with Crippen LogP contribution in [0.3, 0.4) is 0 Å².